The van der Waals surface area contributed by atoms with Crippen LogP contribution in [0.3, 0.4) is 0 Å². The Bertz CT molecular complexity index is 1880. The number of amides is 5. The van der Waals surface area contributed by atoms with Gasteiger partial charge in [-0.2, -0.15) is 0 Å². The van der Waals surface area contributed by atoms with Crippen LogP contribution in [0.25, 0.3) is 0 Å². The second kappa shape index (κ2) is 17.6. The number of allylic oxidation sites excluding steroid dienone is 2. The molecule has 14 nitrogen and oxygen atoms in total. The van der Waals surface area contributed by atoms with Gasteiger partial charge in [0.2, 0.25) is 27.7 Å². The maximum atomic E-state index is 14.3. The van der Waals surface area contributed by atoms with Crippen molar-refractivity contribution in [3.05, 3.63) is 83.2 Å². The molecule has 2 aromatic rings. The SMILES string of the molecule is CC(C)(C)OC(=O)N[C@@H](CCCCC/C=C\[C@@H]1C[C@@H]1C(=O)NS(=O)(=O)Cc1ccccc1)C(=O)N1C[C@H](OC(=O)N2Cc3cccc(F)c3C2)C[C@H]1C(N)=O. The van der Waals surface area contributed by atoms with E-state index in [2.05, 4.69) is 10.0 Å². The highest BCUT2D eigenvalue weighted by Gasteiger charge is 2.44. The standard InChI is InChI=1S/C39H50FN5O9S/c1-39(2,3)54-37(49)42-32(18-11-6-4-5-10-15-26-19-29(26)35(47)43-55(51,52)24-25-13-8-7-9-14-25)36(48)45-22-28(20-33(45)34(41)46)53-38(50)44-21-27-16-12-17-31(40)30(27)23-44/h7-10,12-17,26,28-29,32-33H,4-6,11,18-24H2,1-3H3,(H2,41,46)(H,42,49)(H,43,47)/b15-10-/t26-,28-,29+,32+,33+/m1/s1. The van der Waals surface area contributed by atoms with E-state index in [0.29, 0.717) is 42.4 Å². The summed E-state index contributed by atoms with van der Waals surface area (Å²) >= 11 is 0. The molecule has 55 heavy (non-hydrogen) atoms. The second-order valence-corrected chi connectivity index (χ2v) is 17.1. The molecule has 4 N–H and O–H groups in total. The van der Waals surface area contributed by atoms with E-state index in [4.69, 9.17) is 15.2 Å². The Kier molecular flexibility index (Phi) is 13.2. The molecule has 2 aromatic carbocycles. The molecular weight excluding hydrogens is 734 g/mol. The highest BCUT2D eigenvalue weighted by atomic mass is 32.2. The zero-order valence-corrected chi connectivity index (χ0v) is 32.2. The van der Waals surface area contributed by atoms with Crippen molar-refractivity contribution >= 4 is 39.9 Å². The Hall–Kier alpha value is -4.99. The van der Waals surface area contributed by atoms with Crippen LogP contribution < -0.4 is 15.8 Å². The van der Waals surface area contributed by atoms with Gasteiger partial charge in [-0.15, -0.1) is 0 Å². The molecule has 5 atom stereocenters. The van der Waals surface area contributed by atoms with Crippen LogP contribution in [-0.4, -0.2) is 78.5 Å². The van der Waals surface area contributed by atoms with Crippen LogP contribution in [0.15, 0.2) is 60.7 Å². The van der Waals surface area contributed by atoms with Crippen molar-refractivity contribution in [1.29, 1.82) is 0 Å². The lowest BCUT2D eigenvalue weighted by Gasteiger charge is -2.28. The first-order chi connectivity index (χ1) is 26.0. The number of rotatable bonds is 15. The van der Waals surface area contributed by atoms with Crippen LogP contribution in [0.1, 0.15) is 82.4 Å². The summed E-state index contributed by atoms with van der Waals surface area (Å²) in [5, 5.41) is 2.65. The van der Waals surface area contributed by atoms with Crippen LogP contribution in [0.2, 0.25) is 0 Å². The normalized spacial score (nSPS) is 21.2. The average molecular weight is 784 g/mol. The van der Waals surface area contributed by atoms with Gasteiger partial charge >= 0.3 is 12.2 Å². The summed E-state index contributed by atoms with van der Waals surface area (Å²) in [4.78, 5) is 67.3. The molecule has 1 saturated carbocycles. The highest BCUT2D eigenvalue weighted by Crippen LogP contribution is 2.40. The van der Waals surface area contributed by atoms with E-state index in [-0.39, 0.29) is 44.1 Å². The van der Waals surface area contributed by atoms with E-state index in [1.165, 1.54) is 15.9 Å². The molecule has 0 bridgehead atoms. The number of carbonyl (C=O) groups excluding carboxylic acids is 5. The molecule has 5 rings (SSSR count). The van der Waals surface area contributed by atoms with Crippen LogP contribution in [0.5, 0.6) is 0 Å². The first kappa shape index (κ1) is 41.2. The van der Waals surface area contributed by atoms with Gasteiger partial charge in [0.1, 0.15) is 29.6 Å². The molecule has 0 aromatic heterocycles. The zero-order valence-electron chi connectivity index (χ0n) is 31.4. The number of nitrogens with zero attached hydrogens (tertiary/aromatic N) is 2. The van der Waals surface area contributed by atoms with E-state index in [0.717, 1.165) is 6.42 Å². The Morgan fingerprint density at radius 2 is 1.75 bits per heavy atom. The number of benzene rings is 2. The van der Waals surface area contributed by atoms with Crippen LogP contribution >= 0.6 is 0 Å². The number of hydrogen-bond acceptors (Lipinski definition) is 9. The van der Waals surface area contributed by atoms with Crippen molar-refractivity contribution in [3.8, 4) is 0 Å². The molecule has 0 radical (unpaired) electrons. The lowest BCUT2D eigenvalue weighted by atomic mass is 10.0. The number of alkyl carbamates (subject to hydrolysis) is 1. The van der Waals surface area contributed by atoms with Gasteiger partial charge in [-0.25, -0.2) is 22.4 Å². The third-order valence-corrected chi connectivity index (χ3v) is 10.9. The van der Waals surface area contributed by atoms with Gasteiger partial charge in [0, 0.05) is 24.4 Å². The summed E-state index contributed by atoms with van der Waals surface area (Å²) in [6.45, 7) is 5.15. The van der Waals surface area contributed by atoms with E-state index in [1.54, 1.807) is 63.2 Å². The Morgan fingerprint density at radius 1 is 1.00 bits per heavy atom. The molecule has 0 spiro atoms. The number of nitrogens with two attached hydrogens (primary N) is 1. The van der Waals surface area contributed by atoms with Crippen LogP contribution in [0.4, 0.5) is 14.0 Å². The number of fused-ring (bicyclic) bond motifs is 1. The van der Waals surface area contributed by atoms with Crippen LogP contribution in [0, 0.1) is 17.7 Å². The smallest absolute Gasteiger partial charge is 0.410 e. The van der Waals surface area contributed by atoms with E-state index in [1.807, 2.05) is 12.2 Å². The minimum Gasteiger partial charge on any atom is -0.444 e. The van der Waals surface area contributed by atoms with E-state index >= 15 is 0 Å². The minimum absolute atomic E-state index is 0.0273. The van der Waals surface area contributed by atoms with Gasteiger partial charge in [0.05, 0.1) is 18.8 Å². The number of carbonyl (C=O) groups is 5. The first-order valence-electron chi connectivity index (χ1n) is 18.6. The maximum absolute atomic E-state index is 14.3. The summed E-state index contributed by atoms with van der Waals surface area (Å²) in [6.07, 6.45) is 4.94. The number of primary amides is 1. The van der Waals surface area contributed by atoms with Gasteiger partial charge in [-0.3, -0.25) is 24.0 Å². The lowest BCUT2D eigenvalue weighted by Crippen LogP contribution is -2.53. The van der Waals surface area contributed by atoms with Gasteiger partial charge < -0.3 is 25.4 Å². The maximum Gasteiger partial charge on any atom is 0.410 e. The average Bonchev–Trinajstić information content (AvgIpc) is 3.52. The van der Waals surface area contributed by atoms with Crippen molar-refractivity contribution in [2.24, 2.45) is 17.6 Å². The van der Waals surface area contributed by atoms with Gasteiger partial charge in [-0.05, 0) is 69.6 Å². The summed E-state index contributed by atoms with van der Waals surface area (Å²) in [7, 11) is -3.80. The number of hydrogen-bond donors (Lipinski definition) is 3. The van der Waals surface area contributed by atoms with Crippen molar-refractivity contribution in [1.82, 2.24) is 19.8 Å². The quantitative estimate of drug-likeness (QED) is 0.173. The van der Waals surface area contributed by atoms with Gasteiger partial charge in [0.25, 0.3) is 0 Å². The molecule has 2 heterocycles. The van der Waals surface area contributed by atoms with Crippen LogP contribution in [-0.2, 0) is 52.7 Å². The summed E-state index contributed by atoms with van der Waals surface area (Å²) in [6, 6.07) is 11.1. The zero-order chi connectivity index (χ0) is 39.9. The molecule has 298 valence electrons. The predicted molar refractivity (Wildman–Crippen MR) is 199 cm³/mol. The van der Waals surface area contributed by atoms with Crippen molar-refractivity contribution in [2.75, 3.05) is 6.54 Å². The Balaban J connectivity index is 1.10. The molecule has 1 saturated heterocycles. The van der Waals surface area contributed by atoms with Gasteiger partial charge in [-0.1, -0.05) is 67.5 Å². The summed E-state index contributed by atoms with van der Waals surface area (Å²) < 4.78 is 52.4. The minimum atomic E-state index is -3.80. The van der Waals surface area contributed by atoms with E-state index < -0.39 is 75.5 Å². The second-order valence-electron chi connectivity index (χ2n) is 15.4. The van der Waals surface area contributed by atoms with Gasteiger partial charge in [0.15, 0.2) is 0 Å². The third kappa shape index (κ3) is 11.7. The fourth-order valence-corrected chi connectivity index (χ4v) is 8.04. The number of nitrogens with one attached hydrogen (secondary N) is 2. The van der Waals surface area contributed by atoms with Crippen molar-refractivity contribution in [2.45, 2.75) is 108 Å². The Morgan fingerprint density at radius 3 is 2.44 bits per heavy atom. The fraction of sp³-hybridized carbons (Fsp3) is 0.513. The molecule has 2 aliphatic heterocycles. The predicted octanol–water partition coefficient (Wildman–Crippen LogP) is 4.42. The Labute approximate surface area is 321 Å². The molecule has 16 heteroatoms. The monoisotopic (exact) mass is 783 g/mol. The third-order valence-electron chi connectivity index (χ3n) is 9.69. The number of unbranched alkanes of at least 4 members (excludes halogenated alkanes) is 3. The molecule has 0 unspecified atom stereocenters. The number of halogens is 1. The summed E-state index contributed by atoms with van der Waals surface area (Å²) in [5.41, 5.74) is 6.53. The van der Waals surface area contributed by atoms with Crippen molar-refractivity contribution in [3.63, 3.8) is 0 Å². The fourth-order valence-electron chi connectivity index (χ4n) is 6.88. The lowest BCUT2D eigenvalue weighted by molar-refractivity contribution is -0.139. The highest BCUT2D eigenvalue weighted by molar-refractivity contribution is 7.89. The first-order valence-corrected chi connectivity index (χ1v) is 20.2. The topological polar surface area (TPSA) is 195 Å². The van der Waals surface area contributed by atoms with E-state index in [9.17, 15) is 36.8 Å². The molecule has 2 fully saturated rings. The van der Waals surface area contributed by atoms with Crippen molar-refractivity contribution < 1.29 is 46.3 Å². The largest absolute Gasteiger partial charge is 0.444 e. The number of sulfonamides is 1. The molecular formula is C39H50FN5O9S. The molecule has 5 amide bonds. The number of ether oxygens (including phenoxy) is 2. The molecule has 1 aliphatic carbocycles. The molecule has 3 aliphatic rings. The summed E-state index contributed by atoms with van der Waals surface area (Å²) in [5.74, 6) is -2.97. The number of likely N-dealkylation sites (tertiary alicyclic amines) is 1.